The van der Waals surface area contributed by atoms with Gasteiger partial charge in [-0.25, -0.2) is 4.79 Å². The van der Waals surface area contributed by atoms with E-state index in [2.05, 4.69) is 0 Å². The van der Waals surface area contributed by atoms with Gasteiger partial charge in [0, 0.05) is 12.0 Å². The zero-order valence-corrected chi connectivity index (χ0v) is 20.5. The lowest BCUT2D eigenvalue weighted by atomic mass is 9.88. The number of carbonyl (C=O) groups is 4. The average Bonchev–Trinajstić information content (AvgIpc) is 3.30. The van der Waals surface area contributed by atoms with E-state index in [-0.39, 0.29) is 12.2 Å². The number of rotatable bonds is 9. The lowest BCUT2D eigenvalue weighted by Gasteiger charge is -2.34. The van der Waals surface area contributed by atoms with Crippen molar-refractivity contribution < 1.29 is 33.4 Å². The van der Waals surface area contributed by atoms with Crippen LogP contribution in [0.15, 0.2) is 91.0 Å². The van der Waals surface area contributed by atoms with Crippen LogP contribution in [0.25, 0.3) is 0 Å². The SMILES string of the molecule is COC(=O)C(C(=O)OC)[C@@H](CC(=O)c1ccccc1)N1C(=O)O[C@H](c2ccccc2)[C@@H]1c1ccccc1. The summed E-state index contributed by atoms with van der Waals surface area (Å²) in [5.74, 6) is -3.76. The van der Waals surface area contributed by atoms with Crippen molar-refractivity contribution in [2.45, 2.75) is 24.6 Å². The monoisotopic (exact) mass is 501 g/mol. The summed E-state index contributed by atoms with van der Waals surface area (Å²) in [5, 5.41) is 0. The molecule has 8 nitrogen and oxygen atoms in total. The highest BCUT2D eigenvalue weighted by atomic mass is 16.6. The third kappa shape index (κ3) is 5.38. The average molecular weight is 502 g/mol. The van der Waals surface area contributed by atoms with Crippen LogP contribution < -0.4 is 0 Å². The van der Waals surface area contributed by atoms with Crippen molar-refractivity contribution in [1.82, 2.24) is 4.90 Å². The van der Waals surface area contributed by atoms with Gasteiger partial charge in [0.05, 0.1) is 20.3 Å². The Hall–Kier alpha value is -4.46. The number of amides is 1. The van der Waals surface area contributed by atoms with E-state index in [1.807, 2.05) is 60.7 Å². The molecule has 1 saturated heterocycles. The normalized spacial score (nSPS) is 17.7. The van der Waals surface area contributed by atoms with Gasteiger partial charge in [-0.2, -0.15) is 0 Å². The third-order valence-corrected chi connectivity index (χ3v) is 6.44. The summed E-state index contributed by atoms with van der Waals surface area (Å²) in [4.78, 5) is 54.0. The van der Waals surface area contributed by atoms with Gasteiger partial charge < -0.3 is 14.2 Å². The lowest BCUT2D eigenvalue weighted by Crippen LogP contribution is -2.50. The van der Waals surface area contributed by atoms with Crippen LogP contribution in [0.3, 0.4) is 0 Å². The summed E-state index contributed by atoms with van der Waals surface area (Å²) >= 11 is 0. The van der Waals surface area contributed by atoms with Crippen molar-refractivity contribution in [3.63, 3.8) is 0 Å². The van der Waals surface area contributed by atoms with Crippen molar-refractivity contribution >= 4 is 23.8 Å². The zero-order chi connectivity index (χ0) is 26.4. The van der Waals surface area contributed by atoms with E-state index >= 15 is 0 Å². The van der Waals surface area contributed by atoms with Gasteiger partial charge >= 0.3 is 18.0 Å². The molecule has 4 rings (SSSR count). The van der Waals surface area contributed by atoms with E-state index in [9.17, 15) is 19.2 Å². The molecule has 1 amide bonds. The highest BCUT2D eigenvalue weighted by molar-refractivity contribution is 6.00. The number of ketones is 1. The molecule has 0 aromatic heterocycles. The van der Waals surface area contributed by atoms with Crippen LogP contribution in [0.5, 0.6) is 0 Å². The molecule has 8 heteroatoms. The topological polar surface area (TPSA) is 99.2 Å². The molecule has 3 atom stereocenters. The maximum Gasteiger partial charge on any atom is 0.411 e. The van der Waals surface area contributed by atoms with Gasteiger partial charge in [0.1, 0.15) is 6.04 Å². The van der Waals surface area contributed by atoms with Crippen LogP contribution in [-0.4, -0.2) is 49.0 Å². The number of carbonyl (C=O) groups excluding carboxylic acids is 4. The largest absolute Gasteiger partial charge is 0.468 e. The lowest BCUT2D eigenvalue weighted by molar-refractivity contribution is -0.161. The first kappa shape index (κ1) is 25.6. The highest BCUT2D eigenvalue weighted by Gasteiger charge is 2.52. The fourth-order valence-corrected chi connectivity index (χ4v) is 4.69. The van der Waals surface area contributed by atoms with Gasteiger partial charge in [-0.15, -0.1) is 0 Å². The summed E-state index contributed by atoms with van der Waals surface area (Å²) < 4.78 is 15.7. The molecule has 1 fully saturated rings. The maximum absolute atomic E-state index is 13.5. The van der Waals surface area contributed by atoms with Gasteiger partial charge in [-0.3, -0.25) is 19.3 Å². The van der Waals surface area contributed by atoms with Gasteiger partial charge in [0.2, 0.25) is 0 Å². The number of methoxy groups -OCH3 is 2. The molecule has 190 valence electrons. The smallest absolute Gasteiger partial charge is 0.411 e. The molecule has 3 aromatic rings. The minimum absolute atomic E-state index is 0.335. The predicted molar refractivity (Wildman–Crippen MR) is 133 cm³/mol. The molecule has 3 aromatic carbocycles. The van der Waals surface area contributed by atoms with Crippen LogP contribution in [0, 0.1) is 5.92 Å². The molecule has 0 aliphatic carbocycles. The van der Waals surface area contributed by atoms with E-state index in [1.165, 1.54) is 4.90 Å². The molecule has 0 radical (unpaired) electrons. The molecular weight excluding hydrogens is 474 g/mol. The Kier molecular flexibility index (Phi) is 7.98. The molecule has 37 heavy (non-hydrogen) atoms. The Morgan fingerprint density at radius 1 is 0.784 bits per heavy atom. The molecule has 1 aliphatic rings. The van der Waals surface area contributed by atoms with Crippen LogP contribution in [0.2, 0.25) is 0 Å². The molecule has 0 spiro atoms. The number of hydrogen-bond acceptors (Lipinski definition) is 7. The van der Waals surface area contributed by atoms with Crippen molar-refractivity contribution in [2.24, 2.45) is 5.92 Å². The van der Waals surface area contributed by atoms with E-state index in [0.29, 0.717) is 11.1 Å². The van der Waals surface area contributed by atoms with Gasteiger partial charge in [-0.05, 0) is 11.1 Å². The number of hydrogen-bond donors (Lipinski definition) is 0. The number of nitrogens with zero attached hydrogens (tertiary/aromatic N) is 1. The molecular formula is C29H27NO7. The van der Waals surface area contributed by atoms with Crippen LogP contribution in [0.1, 0.15) is 40.1 Å². The van der Waals surface area contributed by atoms with Gasteiger partial charge in [0.25, 0.3) is 0 Å². The van der Waals surface area contributed by atoms with Crippen LogP contribution in [-0.2, 0) is 23.8 Å². The number of cyclic esters (lactones) is 1. The number of benzene rings is 3. The molecule has 0 N–H and O–H groups in total. The van der Waals surface area contributed by atoms with E-state index in [0.717, 1.165) is 19.8 Å². The van der Waals surface area contributed by atoms with Crippen molar-refractivity contribution in [1.29, 1.82) is 0 Å². The molecule has 1 aliphatic heterocycles. The molecule has 0 unspecified atom stereocenters. The van der Waals surface area contributed by atoms with E-state index < -0.39 is 42.1 Å². The number of esters is 2. The first-order valence-corrected chi connectivity index (χ1v) is 11.8. The number of Topliss-reactive ketones (excluding diaryl/α,β-unsaturated/α-hetero) is 1. The summed E-state index contributed by atoms with van der Waals surface area (Å²) in [6, 6.07) is 24.8. The Bertz CT molecular complexity index is 1230. The Balaban J connectivity index is 1.85. The fraction of sp³-hybridized carbons (Fsp3) is 0.241. The van der Waals surface area contributed by atoms with Crippen molar-refractivity contribution in [3.05, 3.63) is 108 Å². The first-order valence-electron chi connectivity index (χ1n) is 11.8. The minimum Gasteiger partial charge on any atom is -0.468 e. The quantitative estimate of drug-likeness (QED) is 0.184. The van der Waals surface area contributed by atoms with Crippen LogP contribution >= 0.6 is 0 Å². The summed E-state index contributed by atoms with van der Waals surface area (Å²) in [5.41, 5.74) is 1.82. The van der Waals surface area contributed by atoms with Crippen molar-refractivity contribution in [3.8, 4) is 0 Å². The minimum atomic E-state index is -1.57. The highest BCUT2D eigenvalue weighted by Crippen LogP contribution is 2.46. The molecule has 1 heterocycles. The third-order valence-electron chi connectivity index (χ3n) is 6.44. The Morgan fingerprint density at radius 3 is 1.78 bits per heavy atom. The second kappa shape index (κ2) is 11.5. The van der Waals surface area contributed by atoms with E-state index in [4.69, 9.17) is 14.2 Å². The number of ether oxygens (including phenoxy) is 3. The zero-order valence-electron chi connectivity index (χ0n) is 20.5. The summed E-state index contributed by atoms with van der Waals surface area (Å²) in [6.45, 7) is 0. The van der Waals surface area contributed by atoms with E-state index in [1.54, 1.807) is 30.3 Å². The van der Waals surface area contributed by atoms with Crippen LogP contribution in [0.4, 0.5) is 4.79 Å². The second-order valence-electron chi connectivity index (χ2n) is 8.56. The molecule has 0 bridgehead atoms. The predicted octanol–water partition coefficient (Wildman–Crippen LogP) is 4.53. The van der Waals surface area contributed by atoms with Gasteiger partial charge in [0.15, 0.2) is 17.8 Å². The standard InChI is InChI=1S/C29H27NO7/c1-35-27(32)24(28(33)36-2)22(18-23(31)19-12-6-3-7-13-19)30-25(20-14-8-4-9-15-20)26(37-29(30)34)21-16-10-5-11-17-21/h3-17,22,24-26H,18H2,1-2H3/t22-,25+,26-/m1/s1. The maximum atomic E-state index is 13.5. The summed E-state index contributed by atoms with van der Waals surface area (Å²) in [7, 11) is 2.27. The molecule has 0 saturated carbocycles. The van der Waals surface area contributed by atoms with Crippen molar-refractivity contribution in [2.75, 3.05) is 14.2 Å². The summed E-state index contributed by atoms with van der Waals surface area (Å²) in [6.07, 6.45) is -1.84. The Morgan fingerprint density at radius 2 is 1.27 bits per heavy atom. The Labute approximate surface area is 214 Å². The fourth-order valence-electron chi connectivity index (χ4n) is 4.69. The first-order chi connectivity index (χ1) is 18.0. The van der Waals surface area contributed by atoms with Gasteiger partial charge in [-0.1, -0.05) is 91.0 Å². The second-order valence-corrected chi connectivity index (χ2v) is 8.56.